The van der Waals surface area contributed by atoms with E-state index in [1.165, 1.54) is 6.07 Å². The van der Waals surface area contributed by atoms with E-state index in [-0.39, 0.29) is 5.56 Å². The number of rotatable bonds is 8. The zero-order valence-corrected chi connectivity index (χ0v) is 14.1. The third kappa shape index (κ3) is 5.12. The van der Waals surface area contributed by atoms with Crippen LogP contribution in [0.2, 0.25) is 0 Å². The number of methoxy groups -OCH3 is 1. The van der Waals surface area contributed by atoms with Gasteiger partial charge < -0.3 is 9.47 Å². The van der Waals surface area contributed by atoms with Gasteiger partial charge in [-0.2, -0.15) is 5.10 Å². The summed E-state index contributed by atoms with van der Waals surface area (Å²) in [4.78, 5) is 18.0. The predicted octanol–water partition coefficient (Wildman–Crippen LogP) is 2.71. The third-order valence-electron chi connectivity index (χ3n) is 3.20. The lowest BCUT2D eigenvalue weighted by Crippen LogP contribution is -2.10. The molecule has 0 atom stereocenters. The van der Waals surface area contributed by atoms with E-state index in [0.29, 0.717) is 29.7 Å². The van der Waals surface area contributed by atoms with Crippen molar-refractivity contribution in [1.82, 2.24) is 9.97 Å². The van der Waals surface area contributed by atoms with Crippen LogP contribution in [0.25, 0.3) is 0 Å². The highest BCUT2D eigenvalue weighted by atomic mass is 16.5. The molecule has 0 saturated heterocycles. The van der Waals surface area contributed by atoms with Gasteiger partial charge in [0.25, 0.3) is 5.56 Å². The first-order valence-corrected chi connectivity index (χ1v) is 7.80. The van der Waals surface area contributed by atoms with Gasteiger partial charge in [-0.25, -0.2) is 10.4 Å². The van der Waals surface area contributed by atoms with Gasteiger partial charge in [0, 0.05) is 11.8 Å². The summed E-state index contributed by atoms with van der Waals surface area (Å²) in [5, 5.41) is 4.07. The van der Waals surface area contributed by atoms with Crippen molar-refractivity contribution in [3.8, 4) is 11.5 Å². The van der Waals surface area contributed by atoms with Gasteiger partial charge in [0.05, 0.1) is 19.9 Å². The van der Waals surface area contributed by atoms with Gasteiger partial charge in [0.1, 0.15) is 0 Å². The van der Waals surface area contributed by atoms with Crippen LogP contribution in [0, 0.1) is 6.92 Å². The zero-order valence-electron chi connectivity index (χ0n) is 14.1. The maximum absolute atomic E-state index is 11.4. The average Bonchev–Trinajstić information content (AvgIpc) is 2.55. The molecule has 7 heteroatoms. The lowest BCUT2D eigenvalue weighted by atomic mass is 10.2. The van der Waals surface area contributed by atoms with Crippen LogP contribution in [-0.4, -0.2) is 29.9 Å². The number of hydrazone groups is 1. The maximum atomic E-state index is 11.4. The average molecular weight is 330 g/mol. The number of hydrogen-bond donors (Lipinski definition) is 2. The maximum Gasteiger partial charge on any atom is 0.252 e. The Labute approximate surface area is 140 Å². The van der Waals surface area contributed by atoms with E-state index in [0.717, 1.165) is 18.4 Å². The molecular formula is C17H22N4O3. The first kappa shape index (κ1) is 17.5. The lowest BCUT2D eigenvalue weighted by molar-refractivity contribution is 0.288. The van der Waals surface area contributed by atoms with Crippen LogP contribution < -0.4 is 20.5 Å². The summed E-state index contributed by atoms with van der Waals surface area (Å²) in [7, 11) is 1.60. The van der Waals surface area contributed by atoms with Gasteiger partial charge in [0.15, 0.2) is 11.5 Å². The highest BCUT2D eigenvalue weighted by Crippen LogP contribution is 2.27. The number of H-pyrrole nitrogens is 1. The summed E-state index contributed by atoms with van der Waals surface area (Å²) in [5.74, 6) is 1.65. The number of aryl methyl sites for hydroxylation is 1. The van der Waals surface area contributed by atoms with E-state index in [1.54, 1.807) is 20.2 Å². The van der Waals surface area contributed by atoms with E-state index in [1.807, 2.05) is 18.2 Å². The van der Waals surface area contributed by atoms with E-state index in [9.17, 15) is 4.79 Å². The SMILES string of the molecule is CCCCOc1ccc(/C=N/Nc2nc(C)cc(=O)[nH]2)cc1OC. The topological polar surface area (TPSA) is 88.6 Å². The number of unbranched alkanes of at least 4 members (excludes halogenated alkanes) is 1. The number of anilines is 1. The molecule has 0 spiro atoms. The molecule has 24 heavy (non-hydrogen) atoms. The quantitative estimate of drug-likeness (QED) is 0.441. The Morgan fingerprint density at radius 2 is 2.17 bits per heavy atom. The number of ether oxygens (including phenoxy) is 2. The molecule has 0 aliphatic rings. The Morgan fingerprint density at radius 3 is 2.88 bits per heavy atom. The Balaban J connectivity index is 2.04. The van der Waals surface area contributed by atoms with Crippen molar-refractivity contribution < 1.29 is 9.47 Å². The number of nitrogens with one attached hydrogen (secondary N) is 2. The van der Waals surface area contributed by atoms with Gasteiger partial charge in [-0.05, 0) is 37.1 Å². The summed E-state index contributed by atoms with van der Waals surface area (Å²) in [5.41, 5.74) is 3.92. The van der Waals surface area contributed by atoms with Crippen LogP contribution >= 0.6 is 0 Å². The van der Waals surface area contributed by atoms with Crippen LogP contribution in [0.15, 0.2) is 34.2 Å². The van der Waals surface area contributed by atoms with Crippen molar-refractivity contribution in [3.05, 3.63) is 45.9 Å². The van der Waals surface area contributed by atoms with E-state index in [4.69, 9.17) is 9.47 Å². The highest BCUT2D eigenvalue weighted by molar-refractivity contribution is 5.81. The van der Waals surface area contributed by atoms with E-state index in [2.05, 4.69) is 27.4 Å². The standard InChI is InChI=1S/C17H22N4O3/c1-4-5-8-24-14-7-6-13(10-15(14)23-3)11-18-21-17-19-12(2)9-16(22)20-17/h6-7,9-11H,4-5,8H2,1-3H3,(H2,19,20,21,22)/b18-11+. The molecule has 2 aromatic rings. The molecule has 0 aliphatic heterocycles. The first-order valence-electron chi connectivity index (χ1n) is 7.80. The van der Waals surface area contributed by atoms with Crippen molar-refractivity contribution in [1.29, 1.82) is 0 Å². The Hall–Kier alpha value is -2.83. The summed E-state index contributed by atoms with van der Waals surface area (Å²) in [6.45, 7) is 4.52. The van der Waals surface area contributed by atoms with Crippen LogP contribution in [-0.2, 0) is 0 Å². The molecule has 1 heterocycles. The molecule has 0 fully saturated rings. The fraction of sp³-hybridized carbons (Fsp3) is 0.353. The number of aromatic amines is 1. The largest absolute Gasteiger partial charge is 0.493 e. The van der Waals surface area contributed by atoms with Crippen LogP contribution in [0.3, 0.4) is 0 Å². The summed E-state index contributed by atoms with van der Waals surface area (Å²) in [6.07, 6.45) is 3.69. The molecule has 7 nitrogen and oxygen atoms in total. The fourth-order valence-corrected chi connectivity index (χ4v) is 2.01. The van der Waals surface area contributed by atoms with Crippen molar-refractivity contribution in [3.63, 3.8) is 0 Å². The minimum absolute atomic E-state index is 0.226. The van der Waals surface area contributed by atoms with E-state index >= 15 is 0 Å². The van der Waals surface area contributed by atoms with Crippen molar-refractivity contribution in [2.45, 2.75) is 26.7 Å². The van der Waals surface area contributed by atoms with Gasteiger partial charge in [-0.1, -0.05) is 13.3 Å². The minimum atomic E-state index is -0.226. The van der Waals surface area contributed by atoms with Crippen molar-refractivity contribution >= 4 is 12.2 Å². The van der Waals surface area contributed by atoms with Crippen molar-refractivity contribution in [2.75, 3.05) is 19.1 Å². The summed E-state index contributed by atoms with van der Waals surface area (Å²) >= 11 is 0. The summed E-state index contributed by atoms with van der Waals surface area (Å²) in [6, 6.07) is 6.97. The van der Waals surface area contributed by atoms with Gasteiger partial charge in [-0.3, -0.25) is 9.78 Å². The molecule has 0 aliphatic carbocycles. The third-order valence-corrected chi connectivity index (χ3v) is 3.20. The molecule has 0 saturated carbocycles. The molecule has 2 N–H and O–H groups in total. The minimum Gasteiger partial charge on any atom is -0.493 e. The number of aromatic nitrogens is 2. The van der Waals surface area contributed by atoms with E-state index < -0.39 is 0 Å². The van der Waals surface area contributed by atoms with Crippen LogP contribution in [0.5, 0.6) is 11.5 Å². The Morgan fingerprint density at radius 1 is 1.33 bits per heavy atom. The lowest BCUT2D eigenvalue weighted by Gasteiger charge is -2.10. The molecule has 1 aromatic carbocycles. The monoisotopic (exact) mass is 330 g/mol. The predicted molar refractivity (Wildman–Crippen MR) is 94.2 cm³/mol. The molecule has 128 valence electrons. The fourth-order valence-electron chi connectivity index (χ4n) is 2.01. The smallest absolute Gasteiger partial charge is 0.252 e. The normalized spacial score (nSPS) is 10.8. The van der Waals surface area contributed by atoms with Gasteiger partial charge in [-0.15, -0.1) is 0 Å². The Bertz CT molecular complexity index is 756. The molecule has 2 rings (SSSR count). The second-order valence-corrected chi connectivity index (χ2v) is 5.22. The highest BCUT2D eigenvalue weighted by Gasteiger charge is 2.05. The second-order valence-electron chi connectivity index (χ2n) is 5.22. The number of benzene rings is 1. The summed E-state index contributed by atoms with van der Waals surface area (Å²) < 4.78 is 11.0. The molecular weight excluding hydrogens is 308 g/mol. The Kier molecular flexibility index (Phi) is 6.36. The van der Waals surface area contributed by atoms with Crippen molar-refractivity contribution in [2.24, 2.45) is 5.10 Å². The van der Waals surface area contributed by atoms with Crippen LogP contribution in [0.4, 0.5) is 5.95 Å². The number of nitrogens with zero attached hydrogens (tertiary/aromatic N) is 2. The molecule has 0 radical (unpaired) electrons. The molecule has 1 aromatic heterocycles. The molecule has 0 unspecified atom stereocenters. The molecule has 0 bridgehead atoms. The molecule has 0 amide bonds. The van der Waals surface area contributed by atoms with Crippen LogP contribution in [0.1, 0.15) is 31.0 Å². The number of hydrogen-bond acceptors (Lipinski definition) is 6. The second kappa shape index (κ2) is 8.71. The van der Waals surface area contributed by atoms with Gasteiger partial charge >= 0.3 is 0 Å². The first-order chi connectivity index (χ1) is 11.6. The zero-order chi connectivity index (χ0) is 17.4. The van der Waals surface area contributed by atoms with Gasteiger partial charge in [0.2, 0.25) is 5.95 Å².